The van der Waals surface area contributed by atoms with Crippen molar-refractivity contribution in [2.75, 3.05) is 13.1 Å². The first kappa shape index (κ1) is 17.5. The summed E-state index contributed by atoms with van der Waals surface area (Å²) in [5.74, 6) is -0.0703. The molecule has 1 saturated heterocycles. The van der Waals surface area contributed by atoms with Crippen LogP contribution in [0.2, 0.25) is 0 Å². The highest BCUT2D eigenvalue weighted by molar-refractivity contribution is 6.01. The summed E-state index contributed by atoms with van der Waals surface area (Å²) in [6.45, 7) is 3.73. The van der Waals surface area contributed by atoms with Crippen LogP contribution < -0.4 is 0 Å². The Morgan fingerprint density at radius 3 is 2.46 bits per heavy atom. The second-order valence-electron chi connectivity index (χ2n) is 8.40. The van der Waals surface area contributed by atoms with Crippen LogP contribution in [0.1, 0.15) is 64.7 Å². The quantitative estimate of drug-likeness (QED) is 0.813. The molecule has 2 aliphatic heterocycles. The van der Waals surface area contributed by atoms with Gasteiger partial charge in [0.2, 0.25) is 5.91 Å². The van der Waals surface area contributed by atoms with Crippen LogP contribution in [-0.2, 0) is 4.79 Å². The van der Waals surface area contributed by atoms with Crippen molar-refractivity contribution < 1.29 is 9.59 Å². The molecule has 5 rings (SSSR count). The average molecular weight is 374 g/mol. The Balaban J connectivity index is 1.69. The maximum atomic E-state index is 13.7. The highest BCUT2D eigenvalue weighted by Crippen LogP contribution is 2.48. The van der Waals surface area contributed by atoms with Gasteiger partial charge in [-0.3, -0.25) is 9.59 Å². The summed E-state index contributed by atoms with van der Waals surface area (Å²) in [6.07, 6.45) is 4.20. The van der Waals surface area contributed by atoms with Gasteiger partial charge in [-0.05, 0) is 49.8 Å². The molecule has 4 heteroatoms. The Labute approximate surface area is 166 Å². The number of aryl methyl sites for hydroxylation is 1. The molecule has 0 aromatic heterocycles. The van der Waals surface area contributed by atoms with E-state index in [0.717, 1.165) is 55.5 Å². The monoisotopic (exact) mass is 374 g/mol. The third kappa shape index (κ3) is 2.83. The number of benzene rings is 2. The van der Waals surface area contributed by atoms with Crippen LogP contribution in [0.25, 0.3) is 0 Å². The fourth-order valence-electron chi connectivity index (χ4n) is 4.91. The molecular formula is C24H26N2O2. The molecule has 2 aromatic carbocycles. The van der Waals surface area contributed by atoms with E-state index in [0.29, 0.717) is 5.56 Å². The first-order valence-corrected chi connectivity index (χ1v) is 10.4. The van der Waals surface area contributed by atoms with Crippen molar-refractivity contribution in [2.45, 2.75) is 50.6 Å². The van der Waals surface area contributed by atoms with Gasteiger partial charge in [0.05, 0.1) is 12.0 Å². The molecule has 2 aromatic rings. The SMILES string of the molecule is Cc1cccc(C2C(C(=O)N3CCCC3)c3ccccc3C(=O)N2C2CC2)c1. The van der Waals surface area contributed by atoms with Crippen molar-refractivity contribution in [1.29, 1.82) is 0 Å². The molecule has 0 spiro atoms. The second-order valence-corrected chi connectivity index (χ2v) is 8.40. The van der Waals surface area contributed by atoms with Crippen LogP contribution in [0.4, 0.5) is 0 Å². The molecule has 144 valence electrons. The number of carbonyl (C=O) groups excluding carboxylic acids is 2. The number of nitrogens with zero attached hydrogens (tertiary/aromatic N) is 2. The molecule has 0 bridgehead atoms. The highest BCUT2D eigenvalue weighted by atomic mass is 16.2. The van der Waals surface area contributed by atoms with Gasteiger partial charge in [-0.2, -0.15) is 0 Å². The maximum absolute atomic E-state index is 13.7. The molecular weight excluding hydrogens is 348 g/mol. The number of hydrogen-bond donors (Lipinski definition) is 0. The highest BCUT2D eigenvalue weighted by Gasteiger charge is 2.49. The number of amides is 2. The summed E-state index contributed by atoms with van der Waals surface area (Å²) < 4.78 is 0. The number of hydrogen-bond acceptors (Lipinski definition) is 2. The van der Waals surface area contributed by atoms with Gasteiger partial charge in [-0.25, -0.2) is 0 Å². The molecule has 2 unspecified atom stereocenters. The average Bonchev–Trinajstić information content (AvgIpc) is 3.39. The molecule has 2 amide bonds. The van der Waals surface area contributed by atoms with E-state index in [1.165, 1.54) is 0 Å². The van der Waals surface area contributed by atoms with E-state index in [1.54, 1.807) is 0 Å². The zero-order valence-corrected chi connectivity index (χ0v) is 16.3. The van der Waals surface area contributed by atoms with E-state index in [9.17, 15) is 9.59 Å². The van der Waals surface area contributed by atoms with Gasteiger partial charge < -0.3 is 9.80 Å². The minimum Gasteiger partial charge on any atom is -0.342 e. The van der Waals surface area contributed by atoms with E-state index in [-0.39, 0.29) is 29.8 Å². The van der Waals surface area contributed by atoms with Crippen molar-refractivity contribution in [3.8, 4) is 0 Å². The first-order valence-electron chi connectivity index (χ1n) is 10.4. The normalized spacial score (nSPS) is 24.4. The number of carbonyl (C=O) groups is 2. The van der Waals surface area contributed by atoms with Crippen molar-refractivity contribution in [2.24, 2.45) is 0 Å². The van der Waals surface area contributed by atoms with E-state index in [4.69, 9.17) is 0 Å². The third-order valence-corrected chi connectivity index (χ3v) is 6.38. The van der Waals surface area contributed by atoms with E-state index < -0.39 is 0 Å². The molecule has 2 atom stereocenters. The lowest BCUT2D eigenvalue weighted by atomic mass is 9.78. The molecule has 1 aliphatic carbocycles. The van der Waals surface area contributed by atoms with Crippen molar-refractivity contribution >= 4 is 11.8 Å². The lowest BCUT2D eigenvalue weighted by molar-refractivity contribution is -0.133. The smallest absolute Gasteiger partial charge is 0.254 e. The van der Waals surface area contributed by atoms with E-state index in [2.05, 4.69) is 25.1 Å². The summed E-state index contributed by atoms with van der Waals surface area (Å²) in [4.78, 5) is 31.2. The standard InChI is InChI=1S/C24H26N2O2/c1-16-7-6-8-17(15-16)22-21(24(28)25-13-4-5-14-25)19-9-2-3-10-20(19)23(27)26(22)18-11-12-18/h2-3,6-10,15,18,21-22H,4-5,11-14H2,1H3. The fraction of sp³-hybridized carbons (Fsp3) is 0.417. The Morgan fingerprint density at radius 2 is 1.75 bits per heavy atom. The molecule has 4 nitrogen and oxygen atoms in total. The van der Waals surface area contributed by atoms with Gasteiger partial charge in [0.1, 0.15) is 0 Å². The van der Waals surface area contributed by atoms with Gasteiger partial charge in [0.25, 0.3) is 5.91 Å². The minimum atomic E-state index is -0.325. The Morgan fingerprint density at radius 1 is 1.00 bits per heavy atom. The number of likely N-dealkylation sites (tertiary alicyclic amines) is 1. The number of rotatable bonds is 3. The first-order chi connectivity index (χ1) is 13.6. The molecule has 0 radical (unpaired) electrons. The van der Waals surface area contributed by atoms with Crippen LogP contribution in [0.15, 0.2) is 48.5 Å². The fourth-order valence-corrected chi connectivity index (χ4v) is 4.91. The van der Waals surface area contributed by atoms with Gasteiger partial charge in [-0.1, -0.05) is 48.0 Å². The van der Waals surface area contributed by atoms with Gasteiger partial charge in [-0.15, -0.1) is 0 Å². The van der Waals surface area contributed by atoms with Crippen molar-refractivity contribution in [1.82, 2.24) is 9.80 Å². The summed E-state index contributed by atoms with van der Waals surface area (Å²) in [5, 5.41) is 0. The Hall–Kier alpha value is -2.62. The third-order valence-electron chi connectivity index (χ3n) is 6.38. The predicted molar refractivity (Wildman–Crippen MR) is 108 cm³/mol. The molecule has 28 heavy (non-hydrogen) atoms. The van der Waals surface area contributed by atoms with E-state index in [1.807, 2.05) is 40.1 Å². The van der Waals surface area contributed by atoms with Crippen LogP contribution in [0.3, 0.4) is 0 Å². The summed E-state index contributed by atoms with van der Waals surface area (Å²) >= 11 is 0. The predicted octanol–water partition coefficient (Wildman–Crippen LogP) is 4.06. The van der Waals surface area contributed by atoms with E-state index >= 15 is 0 Å². The second kappa shape index (κ2) is 6.77. The largest absolute Gasteiger partial charge is 0.342 e. The van der Waals surface area contributed by atoms with Crippen LogP contribution in [0, 0.1) is 6.92 Å². The molecule has 0 N–H and O–H groups in total. The van der Waals surface area contributed by atoms with Crippen LogP contribution in [0.5, 0.6) is 0 Å². The summed E-state index contributed by atoms with van der Waals surface area (Å²) in [5.41, 5.74) is 3.84. The van der Waals surface area contributed by atoms with Gasteiger partial charge >= 0.3 is 0 Å². The van der Waals surface area contributed by atoms with Gasteiger partial charge in [0.15, 0.2) is 0 Å². The molecule has 2 fully saturated rings. The zero-order valence-electron chi connectivity index (χ0n) is 16.3. The van der Waals surface area contributed by atoms with Crippen LogP contribution in [-0.4, -0.2) is 40.7 Å². The summed E-state index contributed by atoms with van der Waals surface area (Å²) in [7, 11) is 0. The summed E-state index contributed by atoms with van der Waals surface area (Å²) in [6, 6.07) is 16.1. The van der Waals surface area contributed by atoms with Crippen molar-refractivity contribution in [3.05, 3.63) is 70.8 Å². The maximum Gasteiger partial charge on any atom is 0.254 e. The Kier molecular flexibility index (Phi) is 4.22. The Bertz CT molecular complexity index is 928. The lowest BCUT2D eigenvalue weighted by Gasteiger charge is -2.43. The molecule has 1 saturated carbocycles. The zero-order chi connectivity index (χ0) is 19.3. The van der Waals surface area contributed by atoms with Gasteiger partial charge in [0, 0.05) is 24.7 Å². The molecule has 2 heterocycles. The minimum absolute atomic E-state index is 0.0788. The topological polar surface area (TPSA) is 40.6 Å². The number of fused-ring (bicyclic) bond motifs is 1. The van der Waals surface area contributed by atoms with Crippen molar-refractivity contribution in [3.63, 3.8) is 0 Å². The van der Waals surface area contributed by atoms with Crippen LogP contribution >= 0.6 is 0 Å². The lowest BCUT2D eigenvalue weighted by Crippen LogP contribution is -2.48. The molecule has 3 aliphatic rings.